The minimum Gasteiger partial charge on any atom is -0.480 e. The summed E-state index contributed by atoms with van der Waals surface area (Å²) in [7, 11) is 2.00. The van der Waals surface area contributed by atoms with Gasteiger partial charge in [-0.25, -0.2) is 0 Å². The molecule has 2 rings (SSSR count). The lowest BCUT2D eigenvalue weighted by Gasteiger charge is -2.35. The summed E-state index contributed by atoms with van der Waals surface area (Å²) in [5, 5.41) is 18.7. The first-order valence-electron chi connectivity index (χ1n) is 9.10. The minimum absolute atomic E-state index is 0.101. The Morgan fingerprint density at radius 3 is 2.50 bits per heavy atom. The predicted molar refractivity (Wildman–Crippen MR) is 115 cm³/mol. The standard InChI is InChI=1S/C19H27N5O3S/c1-3-7-20-19(28)22-15-6-4-5-14(12-15)21-17(25)13-16(18(26)27)24-10-8-23(2)9-11-24/h3-6,12,16H,1,7-11,13H2,2H3,(H,21,25)(H,26,27)(H2,20,22,28)/t16-/m1/s1. The van der Waals surface area contributed by atoms with E-state index in [2.05, 4.69) is 27.4 Å². The molecule has 0 aromatic heterocycles. The van der Waals surface area contributed by atoms with Crippen LogP contribution in [0.1, 0.15) is 6.42 Å². The molecule has 1 heterocycles. The molecule has 1 fully saturated rings. The first kappa shape index (κ1) is 21.8. The van der Waals surface area contributed by atoms with Crippen LogP contribution in [0.3, 0.4) is 0 Å². The highest BCUT2D eigenvalue weighted by Crippen LogP contribution is 2.16. The minimum atomic E-state index is -0.978. The van der Waals surface area contributed by atoms with Crippen LogP contribution >= 0.6 is 12.2 Å². The van der Waals surface area contributed by atoms with Crippen LogP contribution in [0.2, 0.25) is 0 Å². The van der Waals surface area contributed by atoms with Gasteiger partial charge in [0.2, 0.25) is 5.91 Å². The summed E-state index contributed by atoms with van der Waals surface area (Å²) in [5.74, 6) is -1.32. The number of rotatable bonds is 8. The lowest BCUT2D eigenvalue weighted by Crippen LogP contribution is -2.52. The highest BCUT2D eigenvalue weighted by atomic mass is 32.1. The maximum atomic E-state index is 12.4. The zero-order chi connectivity index (χ0) is 20.5. The molecule has 1 aliphatic rings. The number of carboxylic acid groups (broad SMARTS) is 1. The van der Waals surface area contributed by atoms with E-state index in [4.69, 9.17) is 12.2 Å². The topological polar surface area (TPSA) is 96.9 Å². The smallest absolute Gasteiger partial charge is 0.321 e. The molecule has 0 unspecified atom stereocenters. The maximum Gasteiger partial charge on any atom is 0.321 e. The number of benzene rings is 1. The molecule has 0 saturated carbocycles. The fourth-order valence-corrected chi connectivity index (χ4v) is 3.11. The highest BCUT2D eigenvalue weighted by Gasteiger charge is 2.30. The number of hydrogen-bond acceptors (Lipinski definition) is 5. The molecule has 1 atom stereocenters. The zero-order valence-electron chi connectivity index (χ0n) is 16.0. The molecule has 1 aromatic carbocycles. The molecule has 28 heavy (non-hydrogen) atoms. The van der Waals surface area contributed by atoms with Crippen molar-refractivity contribution in [3.8, 4) is 0 Å². The van der Waals surface area contributed by atoms with E-state index < -0.39 is 12.0 Å². The van der Waals surface area contributed by atoms with E-state index in [0.29, 0.717) is 36.1 Å². The van der Waals surface area contributed by atoms with E-state index in [1.54, 1.807) is 24.3 Å². The van der Waals surface area contributed by atoms with E-state index in [9.17, 15) is 14.7 Å². The Hall–Kier alpha value is -2.49. The van der Waals surface area contributed by atoms with Crippen LogP contribution in [0, 0.1) is 0 Å². The number of piperazine rings is 1. The fourth-order valence-electron chi connectivity index (χ4n) is 2.91. The third kappa shape index (κ3) is 6.91. The van der Waals surface area contributed by atoms with E-state index in [0.717, 1.165) is 13.1 Å². The Balaban J connectivity index is 1.93. The molecule has 1 aliphatic heterocycles. The molecule has 152 valence electrons. The monoisotopic (exact) mass is 405 g/mol. The Morgan fingerprint density at radius 1 is 1.25 bits per heavy atom. The summed E-state index contributed by atoms with van der Waals surface area (Å²) in [5.41, 5.74) is 1.29. The number of nitrogens with zero attached hydrogens (tertiary/aromatic N) is 2. The van der Waals surface area contributed by atoms with Gasteiger partial charge in [0.05, 0.1) is 6.42 Å². The van der Waals surface area contributed by atoms with Gasteiger partial charge in [-0.15, -0.1) is 6.58 Å². The van der Waals surface area contributed by atoms with Crippen molar-refractivity contribution in [2.45, 2.75) is 12.5 Å². The van der Waals surface area contributed by atoms with Crippen LogP contribution in [0.15, 0.2) is 36.9 Å². The second kappa shape index (κ2) is 10.7. The average molecular weight is 406 g/mol. The number of anilines is 2. The number of hydrogen-bond donors (Lipinski definition) is 4. The van der Waals surface area contributed by atoms with Crippen molar-refractivity contribution in [1.82, 2.24) is 15.1 Å². The Kier molecular flexibility index (Phi) is 8.37. The Bertz CT molecular complexity index is 719. The summed E-state index contributed by atoms with van der Waals surface area (Å²) in [6.45, 7) is 7.01. The fraction of sp³-hybridized carbons (Fsp3) is 0.421. The number of nitrogens with one attached hydrogen (secondary N) is 3. The van der Waals surface area contributed by atoms with Gasteiger partial charge in [-0.2, -0.15) is 0 Å². The summed E-state index contributed by atoms with van der Waals surface area (Å²) in [6, 6.07) is 6.26. The summed E-state index contributed by atoms with van der Waals surface area (Å²) in [6.07, 6.45) is 1.60. The van der Waals surface area contributed by atoms with Gasteiger partial charge in [0.15, 0.2) is 5.11 Å². The van der Waals surface area contributed by atoms with E-state index in [1.807, 2.05) is 18.0 Å². The SMILES string of the molecule is C=CCNC(=S)Nc1cccc(NC(=O)C[C@H](C(=O)O)N2CCN(C)CC2)c1. The third-order valence-electron chi connectivity index (χ3n) is 4.45. The van der Waals surface area contributed by atoms with Gasteiger partial charge < -0.3 is 26.0 Å². The second-order valence-electron chi connectivity index (χ2n) is 6.65. The molecule has 9 heteroatoms. The largest absolute Gasteiger partial charge is 0.480 e. The summed E-state index contributed by atoms with van der Waals surface area (Å²) < 4.78 is 0. The van der Waals surface area contributed by atoms with Crippen molar-refractivity contribution in [2.75, 3.05) is 50.4 Å². The van der Waals surface area contributed by atoms with E-state index in [1.165, 1.54) is 0 Å². The quantitative estimate of drug-likeness (QED) is 0.378. The molecule has 0 aliphatic carbocycles. The number of carbonyl (C=O) groups excluding carboxylic acids is 1. The number of carbonyl (C=O) groups is 2. The molecule has 1 aromatic rings. The molecule has 1 saturated heterocycles. The molecule has 0 bridgehead atoms. The molecule has 1 amide bonds. The normalized spacial score (nSPS) is 16.0. The van der Waals surface area contributed by atoms with Crippen LogP contribution in [0.4, 0.5) is 11.4 Å². The first-order chi connectivity index (χ1) is 13.4. The number of likely N-dealkylation sites (N-methyl/N-ethyl adjacent to an activating group) is 1. The van der Waals surface area contributed by atoms with Gasteiger partial charge in [0, 0.05) is 44.1 Å². The lowest BCUT2D eigenvalue weighted by molar-refractivity contribution is -0.145. The molecular formula is C19H27N5O3S. The van der Waals surface area contributed by atoms with Crippen molar-refractivity contribution >= 4 is 40.6 Å². The van der Waals surface area contributed by atoms with Crippen LogP contribution in [0.5, 0.6) is 0 Å². The van der Waals surface area contributed by atoms with Crippen molar-refractivity contribution in [1.29, 1.82) is 0 Å². The second-order valence-corrected chi connectivity index (χ2v) is 7.06. The summed E-state index contributed by atoms with van der Waals surface area (Å²) >= 11 is 5.17. The van der Waals surface area contributed by atoms with Gasteiger partial charge in [-0.3, -0.25) is 14.5 Å². The predicted octanol–water partition coefficient (Wildman–Crippen LogP) is 1.19. The van der Waals surface area contributed by atoms with Crippen molar-refractivity contribution < 1.29 is 14.7 Å². The number of thiocarbonyl (C=S) groups is 1. The number of carboxylic acids is 1. The molecule has 0 spiro atoms. The van der Waals surface area contributed by atoms with Gasteiger partial charge in [-0.05, 0) is 37.5 Å². The molecule has 4 N–H and O–H groups in total. The lowest BCUT2D eigenvalue weighted by atomic mass is 10.1. The first-order valence-corrected chi connectivity index (χ1v) is 9.51. The van der Waals surface area contributed by atoms with Crippen molar-refractivity contribution in [3.63, 3.8) is 0 Å². The Labute approximate surface area is 170 Å². The van der Waals surface area contributed by atoms with Crippen LogP contribution in [0.25, 0.3) is 0 Å². The maximum absolute atomic E-state index is 12.4. The Morgan fingerprint density at radius 2 is 1.89 bits per heavy atom. The van der Waals surface area contributed by atoms with Crippen LogP contribution < -0.4 is 16.0 Å². The molecule has 8 nitrogen and oxygen atoms in total. The van der Waals surface area contributed by atoms with Crippen molar-refractivity contribution in [2.24, 2.45) is 0 Å². The molecule has 0 radical (unpaired) electrons. The summed E-state index contributed by atoms with van der Waals surface area (Å²) in [4.78, 5) is 28.1. The van der Waals surface area contributed by atoms with Gasteiger partial charge >= 0.3 is 5.97 Å². The van der Waals surface area contributed by atoms with Gasteiger partial charge in [0.1, 0.15) is 6.04 Å². The van der Waals surface area contributed by atoms with E-state index in [-0.39, 0.29) is 12.3 Å². The van der Waals surface area contributed by atoms with Crippen molar-refractivity contribution in [3.05, 3.63) is 36.9 Å². The molecular weight excluding hydrogens is 378 g/mol. The van der Waals surface area contributed by atoms with Gasteiger partial charge in [0.25, 0.3) is 0 Å². The zero-order valence-corrected chi connectivity index (χ0v) is 16.8. The highest BCUT2D eigenvalue weighted by molar-refractivity contribution is 7.80. The average Bonchev–Trinajstić information content (AvgIpc) is 2.65. The van der Waals surface area contributed by atoms with Crippen LogP contribution in [-0.2, 0) is 9.59 Å². The van der Waals surface area contributed by atoms with Crippen LogP contribution in [-0.4, -0.2) is 77.7 Å². The number of aliphatic carboxylic acids is 1. The van der Waals surface area contributed by atoms with Gasteiger partial charge in [-0.1, -0.05) is 12.1 Å². The number of amides is 1. The van der Waals surface area contributed by atoms with E-state index >= 15 is 0 Å². The third-order valence-corrected chi connectivity index (χ3v) is 4.70.